The van der Waals surface area contributed by atoms with Crippen LogP contribution in [0.2, 0.25) is 0 Å². The van der Waals surface area contributed by atoms with E-state index in [4.69, 9.17) is 18.0 Å². The van der Waals surface area contributed by atoms with Crippen LogP contribution in [-0.4, -0.2) is 27.3 Å². The third-order valence-corrected chi connectivity index (χ3v) is 5.77. The van der Waals surface area contributed by atoms with Crippen LogP contribution in [0.25, 0.3) is 0 Å². The van der Waals surface area contributed by atoms with Gasteiger partial charge in [-0.2, -0.15) is 0 Å². The van der Waals surface area contributed by atoms with Crippen molar-refractivity contribution in [1.82, 2.24) is 14.9 Å². The van der Waals surface area contributed by atoms with Crippen LogP contribution in [0.1, 0.15) is 66.2 Å². The van der Waals surface area contributed by atoms with E-state index in [0.717, 1.165) is 19.3 Å². The van der Waals surface area contributed by atoms with E-state index in [-0.39, 0.29) is 17.4 Å². The lowest BCUT2D eigenvalue weighted by Gasteiger charge is -2.35. The minimum absolute atomic E-state index is 0.184. The number of hydrogen-bond acceptors (Lipinski definition) is 4. The molecule has 0 saturated heterocycles. The Hall–Kier alpha value is -1.83. The SMILES string of the molecule is CCCCn1c(N)c(N(CC(C)C)C(=S)N[C@@H]2CCCC[C@@H]2C)c(=O)[nH]c1=O. The van der Waals surface area contributed by atoms with Crippen LogP contribution < -0.4 is 27.2 Å². The number of thiocarbonyl (C=S) groups is 1. The number of aromatic amines is 1. The van der Waals surface area contributed by atoms with Gasteiger partial charge in [-0.3, -0.25) is 14.3 Å². The van der Waals surface area contributed by atoms with E-state index in [0.29, 0.717) is 30.2 Å². The van der Waals surface area contributed by atoms with E-state index in [1.54, 1.807) is 4.90 Å². The zero-order valence-electron chi connectivity index (χ0n) is 17.6. The van der Waals surface area contributed by atoms with Gasteiger partial charge in [-0.15, -0.1) is 0 Å². The van der Waals surface area contributed by atoms with E-state index in [1.807, 2.05) is 6.92 Å². The first-order valence-corrected chi connectivity index (χ1v) is 10.9. The first kappa shape index (κ1) is 22.5. The fraction of sp³-hybridized carbons (Fsp3) is 0.750. The molecule has 1 fully saturated rings. The van der Waals surface area contributed by atoms with Crippen LogP contribution in [0.5, 0.6) is 0 Å². The van der Waals surface area contributed by atoms with E-state index in [1.165, 1.54) is 23.8 Å². The molecule has 8 heteroatoms. The largest absolute Gasteiger partial charge is 0.383 e. The summed E-state index contributed by atoms with van der Waals surface area (Å²) in [6.07, 6.45) is 6.40. The van der Waals surface area contributed by atoms with Gasteiger partial charge in [-0.05, 0) is 43.3 Å². The first-order valence-electron chi connectivity index (χ1n) is 10.5. The van der Waals surface area contributed by atoms with Crippen LogP contribution in [0, 0.1) is 11.8 Å². The third-order valence-electron chi connectivity index (χ3n) is 5.43. The average molecular weight is 410 g/mol. The van der Waals surface area contributed by atoms with Gasteiger partial charge in [0.2, 0.25) is 0 Å². The van der Waals surface area contributed by atoms with E-state index < -0.39 is 11.2 Å². The Labute approximate surface area is 172 Å². The van der Waals surface area contributed by atoms with Crippen molar-refractivity contribution in [3.63, 3.8) is 0 Å². The van der Waals surface area contributed by atoms with E-state index in [2.05, 4.69) is 31.1 Å². The summed E-state index contributed by atoms with van der Waals surface area (Å²) in [4.78, 5) is 29.1. The quantitative estimate of drug-likeness (QED) is 0.599. The maximum Gasteiger partial charge on any atom is 0.330 e. The van der Waals surface area contributed by atoms with Crippen molar-refractivity contribution in [3.8, 4) is 0 Å². The van der Waals surface area contributed by atoms with Gasteiger partial charge in [0.15, 0.2) is 10.8 Å². The molecule has 28 heavy (non-hydrogen) atoms. The third kappa shape index (κ3) is 5.37. The molecule has 4 N–H and O–H groups in total. The standard InChI is InChI=1S/C20H35N5O2S/c1-5-6-11-24-17(21)16(18(26)23-19(24)27)25(12-13(2)3)20(28)22-15-10-8-7-9-14(15)4/h13-15H,5-12,21H2,1-4H3,(H,22,28)(H,23,26,27)/t14-,15+/m0/s1. The Kier molecular flexibility index (Phi) is 8.10. The van der Waals surface area contributed by atoms with E-state index >= 15 is 0 Å². The number of nitrogens with zero attached hydrogens (tertiary/aromatic N) is 2. The summed E-state index contributed by atoms with van der Waals surface area (Å²) in [6, 6.07) is 0.294. The van der Waals surface area contributed by atoms with Crippen LogP contribution >= 0.6 is 12.2 Å². The molecule has 0 aromatic carbocycles. The number of H-pyrrole nitrogens is 1. The summed E-state index contributed by atoms with van der Waals surface area (Å²) >= 11 is 5.71. The normalized spacial score (nSPS) is 19.6. The molecule has 1 aromatic heterocycles. The molecule has 158 valence electrons. The predicted molar refractivity (Wildman–Crippen MR) is 120 cm³/mol. The maximum atomic E-state index is 12.7. The summed E-state index contributed by atoms with van der Waals surface area (Å²) in [6.45, 7) is 9.43. The second kappa shape index (κ2) is 10.1. The van der Waals surface area contributed by atoms with Gasteiger partial charge in [0, 0.05) is 19.1 Å². The summed E-state index contributed by atoms with van der Waals surface area (Å²) in [7, 11) is 0. The van der Waals surface area contributed by atoms with Gasteiger partial charge in [0.1, 0.15) is 5.82 Å². The molecule has 0 spiro atoms. The summed E-state index contributed by atoms with van der Waals surface area (Å²) in [5.41, 5.74) is 5.63. The van der Waals surface area contributed by atoms with Crippen LogP contribution in [0.4, 0.5) is 11.5 Å². The number of rotatable bonds is 7. The molecule has 1 aliphatic rings. The van der Waals surface area contributed by atoms with Crippen molar-refractivity contribution < 1.29 is 0 Å². The topological polar surface area (TPSA) is 96.2 Å². The second-order valence-electron chi connectivity index (χ2n) is 8.32. The highest BCUT2D eigenvalue weighted by molar-refractivity contribution is 7.80. The van der Waals surface area contributed by atoms with Gasteiger partial charge in [0.25, 0.3) is 5.56 Å². The molecular weight excluding hydrogens is 374 g/mol. The summed E-state index contributed by atoms with van der Waals surface area (Å²) < 4.78 is 1.44. The number of nitrogens with one attached hydrogen (secondary N) is 2. The molecule has 1 aliphatic carbocycles. The van der Waals surface area contributed by atoms with Crippen molar-refractivity contribution >= 4 is 28.8 Å². The molecular formula is C20H35N5O2S. The van der Waals surface area contributed by atoms with Crippen molar-refractivity contribution in [2.45, 2.75) is 78.8 Å². The second-order valence-corrected chi connectivity index (χ2v) is 8.71. The number of aromatic nitrogens is 2. The lowest BCUT2D eigenvalue weighted by Crippen LogP contribution is -2.51. The Morgan fingerprint density at radius 1 is 1.36 bits per heavy atom. The van der Waals surface area contributed by atoms with Crippen LogP contribution in [0.15, 0.2) is 9.59 Å². The zero-order valence-corrected chi connectivity index (χ0v) is 18.4. The number of anilines is 2. The Bertz CT molecular complexity index is 786. The van der Waals surface area contributed by atoms with Gasteiger partial charge >= 0.3 is 5.69 Å². The molecule has 0 radical (unpaired) electrons. The number of hydrogen-bond donors (Lipinski definition) is 3. The van der Waals surface area contributed by atoms with Gasteiger partial charge in [0.05, 0.1) is 0 Å². The van der Waals surface area contributed by atoms with Gasteiger partial charge in [-0.25, -0.2) is 4.79 Å². The first-order chi connectivity index (χ1) is 13.3. The molecule has 2 atom stereocenters. The average Bonchev–Trinajstić information content (AvgIpc) is 2.62. The highest BCUT2D eigenvalue weighted by Gasteiger charge is 2.27. The Morgan fingerprint density at radius 3 is 2.64 bits per heavy atom. The zero-order chi connectivity index (χ0) is 20.8. The molecule has 1 saturated carbocycles. The van der Waals surface area contributed by atoms with Crippen molar-refractivity contribution in [3.05, 3.63) is 20.8 Å². The minimum atomic E-state index is -0.489. The van der Waals surface area contributed by atoms with Crippen molar-refractivity contribution in [2.24, 2.45) is 11.8 Å². The highest BCUT2D eigenvalue weighted by atomic mass is 32.1. The summed E-state index contributed by atoms with van der Waals surface area (Å²) in [5.74, 6) is 0.976. The molecule has 7 nitrogen and oxygen atoms in total. The molecule has 1 heterocycles. The lowest BCUT2D eigenvalue weighted by molar-refractivity contribution is 0.308. The smallest absolute Gasteiger partial charge is 0.330 e. The number of nitrogen functional groups attached to an aromatic ring is 1. The fourth-order valence-electron chi connectivity index (χ4n) is 3.78. The van der Waals surface area contributed by atoms with Crippen LogP contribution in [-0.2, 0) is 6.54 Å². The molecule has 0 bridgehead atoms. The van der Waals surface area contributed by atoms with Crippen LogP contribution in [0.3, 0.4) is 0 Å². The van der Waals surface area contributed by atoms with Gasteiger partial charge < -0.3 is 16.0 Å². The Morgan fingerprint density at radius 2 is 2.04 bits per heavy atom. The molecule has 2 rings (SSSR count). The number of nitrogens with two attached hydrogens (primary N) is 1. The van der Waals surface area contributed by atoms with Gasteiger partial charge in [-0.1, -0.05) is 47.0 Å². The lowest BCUT2D eigenvalue weighted by atomic mass is 9.86. The molecule has 0 unspecified atom stereocenters. The van der Waals surface area contributed by atoms with Crippen molar-refractivity contribution in [2.75, 3.05) is 17.2 Å². The molecule has 1 aromatic rings. The summed E-state index contributed by atoms with van der Waals surface area (Å²) in [5, 5.41) is 3.97. The molecule has 0 amide bonds. The molecule has 0 aliphatic heterocycles. The fourth-order valence-corrected chi connectivity index (χ4v) is 4.10. The van der Waals surface area contributed by atoms with Crippen molar-refractivity contribution in [1.29, 1.82) is 0 Å². The maximum absolute atomic E-state index is 12.7. The Balaban J connectivity index is 2.40. The minimum Gasteiger partial charge on any atom is -0.383 e. The monoisotopic (exact) mass is 409 g/mol. The predicted octanol–water partition coefficient (Wildman–Crippen LogP) is 2.83. The number of unbranched alkanes of at least 4 members (excludes halogenated alkanes) is 1. The highest BCUT2D eigenvalue weighted by Crippen LogP contribution is 2.25. The van der Waals surface area contributed by atoms with E-state index in [9.17, 15) is 9.59 Å².